The molecule has 0 saturated heterocycles. The monoisotopic (exact) mass is 376 g/mol. The molecule has 9 heteroatoms. The molecule has 4 aromatic rings. The molecule has 0 aliphatic heterocycles. The summed E-state index contributed by atoms with van der Waals surface area (Å²) in [4.78, 5) is 19.6. The van der Waals surface area contributed by atoms with Gasteiger partial charge in [-0.3, -0.25) is 10.1 Å². The van der Waals surface area contributed by atoms with Crippen LogP contribution in [-0.2, 0) is 6.54 Å². The van der Waals surface area contributed by atoms with Crippen molar-refractivity contribution in [3.05, 3.63) is 70.4 Å². The number of nitrogens with two attached hydrogens (primary N) is 1. The zero-order valence-corrected chi connectivity index (χ0v) is 14.9. The molecule has 0 spiro atoms. The van der Waals surface area contributed by atoms with Crippen molar-refractivity contribution >= 4 is 22.5 Å². The molecule has 0 unspecified atom stereocenters. The standard InChI is InChI=1S/C19H16N6O3/c1-28-16-8-7-14(25(26)27)9-13(16)11-24-19-15(10-21-24)17(20)22-18(23-19)12-5-3-2-4-6-12/h2-10H,11H2,1H3,(H2,20,22,23). The molecule has 2 aromatic carbocycles. The van der Waals surface area contributed by atoms with Crippen LogP contribution < -0.4 is 10.5 Å². The molecule has 0 amide bonds. The fourth-order valence-electron chi connectivity index (χ4n) is 2.97. The second kappa shape index (κ2) is 6.95. The average molecular weight is 376 g/mol. The Morgan fingerprint density at radius 1 is 1.18 bits per heavy atom. The molecule has 28 heavy (non-hydrogen) atoms. The first-order valence-corrected chi connectivity index (χ1v) is 8.42. The molecule has 0 aliphatic rings. The Kier molecular flexibility index (Phi) is 4.32. The number of fused-ring (bicyclic) bond motifs is 1. The van der Waals surface area contributed by atoms with E-state index >= 15 is 0 Å². The molecule has 0 atom stereocenters. The number of nitro benzene ring substituents is 1. The summed E-state index contributed by atoms with van der Waals surface area (Å²) in [6.07, 6.45) is 1.59. The summed E-state index contributed by atoms with van der Waals surface area (Å²) >= 11 is 0. The number of benzene rings is 2. The third-order valence-corrected chi connectivity index (χ3v) is 4.35. The van der Waals surface area contributed by atoms with E-state index in [1.807, 2.05) is 30.3 Å². The molecule has 9 nitrogen and oxygen atoms in total. The molecular formula is C19H16N6O3. The predicted molar refractivity (Wildman–Crippen MR) is 104 cm³/mol. The SMILES string of the molecule is COc1ccc([N+](=O)[O-])cc1Cn1ncc2c(N)nc(-c3ccccc3)nc21. The van der Waals surface area contributed by atoms with E-state index in [1.165, 1.54) is 19.2 Å². The minimum atomic E-state index is -0.447. The number of anilines is 1. The summed E-state index contributed by atoms with van der Waals surface area (Å²) in [7, 11) is 1.51. The van der Waals surface area contributed by atoms with Crippen LogP contribution in [-0.4, -0.2) is 31.8 Å². The fraction of sp³-hybridized carbons (Fsp3) is 0.105. The van der Waals surface area contributed by atoms with Gasteiger partial charge >= 0.3 is 0 Å². The van der Waals surface area contributed by atoms with Crippen LogP contribution in [0.25, 0.3) is 22.4 Å². The van der Waals surface area contributed by atoms with Gasteiger partial charge in [-0.25, -0.2) is 14.6 Å². The van der Waals surface area contributed by atoms with E-state index in [0.717, 1.165) is 5.56 Å². The molecule has 2 N–H and O–H groups in total. The van der Waals surface area contributed by atoms with E-state index in [2.05, 4.69) is 15.1 Å². The van der Waals surface area contributed by atoms with Crippen molar-refractivity contribution in [2.45, 2.75) is 6.54 Å². The molecule has 0 saturated carbocycles. The normalized spacial score (nSPS) is 10.9. The predicted octanol–water partition coefficient (Wildman–Crippen LogP) is 3.04. The molecule has 0 aliphatic carbocycles. The summed E-state index contributed by atoms with van der Waals surface area (Å²) in [5, 5.41) is 16.1. The summed E-state index contributed by atoms with van der Waals surface area (Å²) in [5.74, 6) is 1.33. The largest absolute Gasteiger partial charge is 0.496 e. The number of non-ortho nitro benzene ring substituents is 1. The Morgan fingerprint density at radius 3 is 2.68 bits per heavy atom. The molecule has 2 aromatic heterocycles. The second-order valence-electron chi connectivity index (χ2n) is 6.09. The van der Waals surface area contributed by atoms with Gasteiger partial charge in [0.05, 0.1) is 30.2 Å². The van der Waals surface area contributed by atoms with Crippen molar-refractivity contribution < 1.29 is 9.66 Å². The van der Waals surface area contributed by atoms with Gasteiger partial charge in [-0.15, -0.1) is 0 Å². The Balaban J connectivity index is 1.81. The summed E-state index contributed by atoms with van der Waals surface area (Å²) in [6.45, 7) is 0.235. The molecular weight excluding hydrogens is 360 g/mol. The van der Waals surface area contributed by atoms with Gasteiger partial charge < -0.3 is 10.5 Å². The highest BCUT2D eigenvalue weighted by atomic mass is 16.6. The van der Waals surface area contributed by atoms with Crippen LogP contribution in [0, 0.1) is 10.1 Å². The number of nitrogen functional groups attached to an aromatic ring is 1. The summed E-state index contributed by atoms with van der Waals surface area (Å²) < 4.78 is 6.96. The van der Waals surface area contributed by atoms with Crippen LogP contribution in [0.3, 0.4) is 0 Å². The maximum Gasteiger partial charge on any atom is 0.270 e. The number of aromatic nitrogens is 4. The summed E-state index contributed by atoms with van der Waals surface area (Å²) in [5.41, 5.74) is 8.06. The van der Waals surface area contributed by atoms with Crippen molar-refractivity contribution in [1.82, 2.24) is 19.7 Å². The van der Waals surface area contributed by atoms with Gasteiger partial charge in [0.25, 0.3) is 5.69 Å². The molecule has 140 valence electrons. The van der Waals surface area contributed by atoms with Gasteiger partial charge in [-0.05, 0) is 6.07 Å². The quantitative estimate of drug-likeness (QED) is 0.419. The molecule has 0 radical (unpaired) electrons. The van der Waals surface area contributed by atoms with Crippen LogP contribution >= 0.6 is 0 Å². The van der Waals surface area contributed by atoms with Gasteiger partial charge in [0.1, 0.15) is 11.6 Å². The number of nitrogens with zero attached hydrogens (tertiary/aromatic N) is 5. The zero-order valence-electron chi connectivity index (χ0n) is 14.9. The Hall–Kier alpha value is -4.01. The van der Waals surface area contributed by atoms with E-state index in [4.69, 9.17) is 10.5 Å². The maximum absolute atomic E-state index is 11.1. The topological polar surface area (TPSA) is 122 Å². The molecule has 0 bridgehead atoms. The number of rotatable bonds is 5. The highest BCUT2D eigenvalue weighted by Crippen LogP contribution is 2.27. The van der Waals surface area contributed by atoms with E-state index in [-0.39, 0.29) is 12.2 Å². The van der Waals surface area contributed by atoms with Crippen molar-refractivity contribution in [2.75, 3.05) is 12.8 Å². The highest BCUT2D eigenvalue weighted by Gasteiger charge is 2.16. The first kappa shape index (κ1) is 17.4. The molecule has 4 rings (SSSR count). The van der Waals surface area contributed by atoms with Crippen LogP contribution in [0.2, 0.25) is 0 Å². The van der Waals surface area contributed by atoms with Gasteiger partial charge in [0.15, 0.2) is 11.5 Å². The van der Waals surface area contributed by atoms with Crippen LogP contribution in [0.5, 0.6) is 5.75 Å². The van der Waals surface area contributed by atoms with E-state index in [1.54, 1.807) is 16.9 Å². The van der Waals surface area contributed by atoms with Crippen LogP contribution in [0.15, 0.2) is 54.7 Å². The van der Waals surface area contributed by atoms with Crippen LogP contribution in [0.1, 0.15) is 5.56 Å². The van der Waals surface area contributed by atoms with Crippen molar-refractivity contribution in [1.29, 1.82) is 0 Å². The number of hydrogen-bond acceptors (Lipinski definition) is 7. The maximum atomic E-state index is 11.1. The number of ether oxygens (including phenoxy) is 1. The Morgan fingerprint density at radius 2 is 1.96 bits per heavy atom. The summed E-state index contributed by atoms with van der Waals surface area (Å²) in [6, 6.07) is 13.9. The second-order valence-corrected chi connectivity index (χ2v) is 6.09. The lowest BCUT2D eigenvalue weighted by Crippen LogP contribution is -2.06. The van der Waals surface area contributed by atoms with Crippen LogP contribution in [0.4, 0.5) is 11.5 Å². The third kappa shape index (κ3) is 3.09. The molecule has 0 fully saturated rings. The number of methoxy groups -OCH3 is 1. The third-order valence-electron chi connectivity index (χ3n) is 4.35. The van der Waals surface area contributed by atoms with Gasteiger partial charge in [-0.2, -0.15) is 5.10 Å². The molecule has 2 heterocycles. The van der Waals surface area contributed by atoms with Gasteiger partial charge in [0, 0.05) is 23.3 Å². The number of nitro groups is 1. The first-order chi connectivity index (χ1) is 13.6. The lowest BCUT2D eigenvalue weighted by molar-refractivity contribution is -0.384. The van der Waals surface area contributed by atoms with E-state index < -0.39 is 4.92 Å². The first-order valence-electron chi connectivity index (χ1n) is 8.42. The Bertz CT molecular complexity index is 1170. The smallest absolute Gasteiger partial charge is 0.270 e. The average Bonchev–Trinajstić information content (AvgIpc) is 3.12. The van der Waals surface area contributed by atoms with Crippen molar-refractivity contribution in [3.8, 4) is 17.1 Å². The van der Waals surface area contributed by atoms with Crippen molar-refractivity contribution in [3.63, 3.8) is 0 Å². The van der Waals surface area contributed by atoms with Gasteiger partial charge in [-0.1, -0.05) is 30.3 Å². The lowest BCUT2D eigenvalue weighted by Gasteiger charge is -2.10. The zero-order chi connectivity index (χ0) is 19.7. The minimum absolute atomic E-state index is 0.0219. The lowest BCUT2D eigenvalue weighted by atomic mass is 10.1. The van der Waals surface area contributed by atoms with Crippen molar-refractivity contribution in [2.24, 2.45) is 0 Å². The Labute approximate surface area is 159 Å². The minimum Gasteiger partial charge on any atom is -0.496 e. The van der Waals surface area contributed by atoms with Gasteiger partial charge in [0.2, 0.25) is 0 Å². The van der Waals surface area contributed by atoms with E-state index in [0.29, 0.717) is 34.0 Å². The van der Waals surface area contributed by atoms with E-state index in [9.17, 15) is 10.1 Å². The highest BCUT2D eigenvalue weighted by molar-refractivity contribution is 5.87. The fourth-order valence-corrected chi connectivity index (χ4v) is 2.97. The number of hydrogen-bond donors (Lipinski definition) is 1.